The van der Waals surface area contributed by atoms with Crippen LogP contribution >= 0.6 is 0 Å². The summed E-state index contributed by atoms with van der Waals surface area (Å²) in [5.74, 6) is 0. The summed E-state index contributed by atoms with van der Waals surface area (Å²) >= 11 is 0. The lowest BCUT2D eigenvalue weighted by Crippen LogP contribution is -2.37. The molecule has 68 valence electrons. The molecular formula is C11H19N. The Bertz CT molecular complexity index is 152. The quantitative estimate of drug-likeness (QED) is 0.577. The van der Waals surface area contributed by atoms with Gasteiger partial charge in [0.15, 0.2) is 0 Å². The van der Waals surface area contributed by atoms with Gasteiger partial charge in [0.2, 0.25) is 0 Å². The van der Waals surface area contributed by atoms with E-state index in [2.05, 4.69) is 4.90 Å². The lowest BCUT2D eigenvalue weighted by molar-refractivity contribution is 0.178. The molecule has 0 aromatic rings. The van der Waals surface area contributed by atoms with Gasteiger partial charge in [-0.05, 0) is 38.5 Å². The van der Waals surface area contributed by atoms with E-state index in [-0.39, 0.29) is 0 Å². The molecule has 2 bridgehead atoms. The molecule has 0 unspecified atom stereocenters. The number of hydrogen-bond donors (Lipinski definition) is 0. The van der Waals surface area contributed by atoms with Crippen LogP contribution in [0.1, 0.15) is 51.4 Å². The third kappa shape index (κ3) is 0.953. The van der Waals surface area contributed by atoms with Crippen molar-refractivity contribution in [2.75, 3.05) is 0 Å². The first-order valence-corrected chi connectivity index (χ1v) is 5.72. The zero-order valence-corrected chi connectivity index (χ0v) is 7.84. The van der Waals surface area contributed by atoms with Gasteiger partial charge in [-0.15, -0.1) is 0 Å². The average Bonchev–Trinajstić information content (AvgIpc) is 2.78. The van der Waals surface area contributed by atoms with Gasteiger partial charge in [0.1, 0.15) is 0 Å². The number of nitrogens with zero attached hydrogens (tertiary/aromatic N) is 1. The van der Waals surface area contributed by atoms with E-state index >= 15 is 0 Å². The van der Waals surface area contributed by atoms with Gasteiger partial charge in [-0.1, -0.05) is 12.8 Å². The van der Waals surface area contributed by atoms with Crippen LogP contribution in [0.3, 0.4) is 0 Å². The predicted molar refractivity (Wildman–Crippen MR) is 50.1 cm³/mol. The Labute approximate surface area is 75.1 Å². The summed E-state index contributed by atoms with van der Waals surface area (Å²) in [5, 5.41) is 0. The lowest BCUT2D eigenvalue weighted by atomic mass is 10.0. The molecule has 1 nitrogen and oxygen atoms in total. The van der Waals surface area contributed by atoms with Crippen LogP contribution in [0.25, 0.3) is 0 Å². The maximum absolute atomic E-state index is 2.90. The molecule has 0 aromatic carbocycles. The molecule has 0 radical (unpaired) electrons. The van der Waals surface area contributed by atoms with Crippen LogP contribution in [-0.4, -0.2) is 23.0 Å². The second-order valence-corrected chi connectivity index (χ2v) is 4.85. The van der Waals surface area contributed by atoms with Crippen molar-refractivity contribution in [3.63, 3.8) is 0 Å². The van der Waals surface area contributed by atoms with E-state index in [1.165, 1.54) is 51.4 Å². The Hall–Kier alpha value is -0.0400. The van der Waals surface area contributed by atoms with Gasteiger partial charge < -0.3 is 0 Å². The molecule has 3 fully saturated rings. The first kappa shape index (κ1) is 7.37. The SMILES string of the molecule is C1CCC(N2C3CCC2CC3)C1. The van der Waals surface area contributed by atoms with E-state index in [9.17, 15) is 0 Å². The maximum atomic E-state index is 2.90. The first-order chi connectivity index (χ1) is 5.95. The monoisotopic (exact) mass is 165 g/mol. The van der Waals surface area contributed by atoms with E-state index in [0.717, 1.165) is 18.1 Å². The summed E-state index contributed by atoms with van der Waals surface area (Å²) < 4.78 is 0. The number of rotatable bonds is 1. The van der Waals surface area contributed by atoms with Crippen molar-refractivity contribution in [2.45, 2.75) is 69.5 Å². The van der Waals surface area contributed by atoms with Crippen molar-refractivity contribution in [2.24, 2.45) is 0 Å². The number of hydrogen-bond acceptors (Lipinski definition) is 1. The molecule has 2 heterocycles. The van der Waals surface area contributed by atoms with Gasteiger partial charge in [0.25, 0.3) is 0 Å². The highest BCUT2D eigenvalue weighted by atomic mass is 15.3. The van der Waals surface area contributed by atoms with E-state index in [4.69, 9.17) is 0 Å². The van der Waals surface area contributed by atoms with Crippen molar-refractivity contribution in [3.05, 3.63) is 0 Å². The summed E-state index contributed by atoms with van der Waals surface area (Å²) in [6, 6.07) is 3.03. The van der Waals surface area contributed by atoms with Crippen LogP contribution in [0.4, 0.5) is 0 Å². The fourth-order valence-electron chi connectivity index (χ4n) is 3.75. The molecule has 1 saturated carbocycles. The Balaban J connectivity index is 1.75. The summed E-state index contributed by atoms with van der Waals surface area (Å²) in [6.45, 7) is 0. The third-order valence-corrected chi connectivity index (χ3v) is 4.26. The third-order valence-electron chi connectivity index (χ3n) is 4.26. The molecule has 1 aliphatic carbocycles. The lowest BCUT2D eigenvalue weighted by Gasteiger charge is -2.28. The van der Waals surface area contributed by atoms with E-state index < -0.39 is 0 Å². The van der Waals surface area contributed by atoms with Crippen molar-refractivity contribution >= 4 is 0 Å². The molecule has 2 aliphatic heterocycles. The van der Waals surface area contributed by atoms with Crippen molar-refractivity contribution in [3.8, 4) is 0 Å². The summed E-state index contributed by atoms with van der Waals surface area (Å²) in [4.78, 5) is 2.90. The molecule has 3 rings (SSSR count). The van der Waals surface area contributed by atoms with Gasteiger partial charge in [-0.25, -0.2) is 0 Å². The molecule has 1 heteroatoms. The zero-order valence-electron chi connectivity index (χ0n) is 7.84. The fraction of sp³-hybridized carbons (Fsp3) is 1.00. The Morgan fingerprint density at radius 1 is 0.583 bits per heavy atom. The normalized spacial score (nSPS) is 43.0. The molecule has 0 amide bonds. The smallest absolute Gasteiger partial charge is 0.0102 e. The highest BCUT2D eigenvalue weighted by molar-refractivity contribution is 4.98. The summed E-state index contributed by atoms with van der Waals surface area (Å²) in [6.07, 6.45) is 12.1. The second-order valence-electron chi connectivity index (χ2n) is 4.85. The summed E-state index contributed by atoms with van der Waals surface area (Å²) in [7, 11) is 0. The van der Waals surface area contributed by atoms with Crippen molar-refractivity contribution < 1.29 is 0 Å². The van der Waals surface area contributed by atoms with Crippen molar-refractivity contribution in [1.82, 2.24) is 4.90 Å². The van der Waals surface area contributed by atoms with Gasteiger partial charge in [0.05, 0.1) is 0 Å². The molecular weight excluding hydrogens is 146 g/mol. The Morgan fingerprint density at radius 2 is 1.00 bits per heavy atom. The second kappa shape index (κ2) is 2.73. The molecule has 0 aromatic heterocycles. The van der Waals surface area contributed by atoms with Crippen LogP contribution in [0.2, 0.25) is 0 Å². The zero-order chi connectivity index (χ0) is 7.97. The molecule has 12 heavy (non-hydrogen) atoms. The molecule has 3 aliphatic rings. The molecule has 2 saturated heterocycles. The van der Waals surface area contributed by atoms with Crippen LogP contribution in [0.15, 0.2) is 0 Å². The summed E-state index contributed by atoms with van der Waals surface area (Å²) in [5.41, 5.74) is 0. The molecule has 0 spiro atoms. The minimum atomic E-state index is 1.00. The number of fused-ring (bicyclic) bond motifs is 2. The largest absolute Gasteiger partial charge is 0.294 e. The Kier molecular flexibility index (Phi) is 1.68. The fourth-order valence-corrected chi connectivity index (χ4v) is 3.75. The van der Waals surface area contributed by atoms with E-state index in [0.29, 0.717) is 0 Å². The van der Waals surface area contributed by atoms with Crippen LogP contribution < -0.4 is 0 Å². The van der Waals surface area contributed by atoms with Crippen LogP contribution in [-0.2, 0) is 0 Å². The maximum Gasteiger partial charge on any atom is 0.0102 e. The molecule has 0 atom stereocenters. The molecule has 0 N–H and O–H groups in total. The topological polar surface area (TPSA) is 3.24 Å². The van der Waals surface area contributed by atoms with Crippen LogP contribution in [0, 0.1) is 0 Å². The predicted octanol–water partition coefficient (Wildman–Crippen LogP) is 2.56. The van der Waals surface area contributed by atoms with Gasteiger partial charge in [0, 0.05) is 18.1 Å². The average molecular weight is 165 g/mol. The minimum absolute atomic E-state index is 1.00. The Morgan fingerprint density at radius 3 is 1.50 bits per heavy atom. The van der Waals surface area contributed by atoms with Gasteiger partial charge in [-0.3, -0.25) is 4.90 Å². The van der Waals surface area contributed by atoms with Crippen LogP contribution in [0.5, 0.6) is 0 Å². The standard InChI is InChI=1S/C11H19N/c1-2-4-9(3-1)12-10-5-6-11(12)8-7-10/h9-11H,1-8H2. The van der Waals surface area contributed by atoms with Gasteiger partial charge in [-0.2, -0.15) is 0 Å². The highest BCUT2D eigenvalue weighted by Crippen LogP contribution is 2.42. The van der Waals surface area contributed by atoms with E-state index in [1.54, 1.807) is 0 Å². The van der Waals surface area contributed by atoms with Crippen molar-refractivity contribution in [1.29, 1.82) is 0 Å². The first-order valence-electron chi connectivity index (χ1n) is 5.72. The highest BCUT2D eigenvalue weighted by Gasteiger charge is 2.43. The minimum Gasteiger partial charge on any atom is -0.294 e. The van der Waals surface area contributed by atoms with E-state index in [1.807, 2.05) is 0 Å². The van der Waals surface area contributed by atoms with Gasteiger partial charge >= 0.3 is 0 Å².